The van der Waals surface area contributed by atoms with E-state index in [9.17, 15) is 4.39 Å². The summed E-state index contributed by atoms with van der Waals surface area (Å²) in [6, 6.07) is 3.15. The van der Waals surface area contributed by atoms with Crippen LogP contribution in [0.1, 0.15) is 26.7 Å². The summed E-state index contributed by atoms with van der Waals surface area (Å²) in [6.45, 7) is 8.47. The Labute approximate surface area is 136 Å². The lowest BCUT2D eigenvalue weighted by Gasteiger charge is -2.17. The van der Waals surface area contributed by atoms with E-state index in [1.54, 1.807) is 6.07 Å². The average molecular weight is 320 g/mol. The highest BCUT2D eigenvalue weighted by atomic mass is 19.1. The molecule has 1 aromatic carbocycles. The number of nitrogens with two attached hydrogens (primary N) is 1. The Morgan fingerprint density at radius 3 is 3.09 bits per heavy atom. The van der Waals surface area contributed by atoms with Gasteiger partial charge < -0.3 is 15.4 Å². The normalized spacial score (nSPS) is 19.0. The predicted molar refractivity (Wildman–Crippen MR) is 90.0 cm³/mol. The molecule has 3 N–H and O–H groups in total. The number of halogens is 1. The number of benzene rings is 1. The summed E-state index contributed by atoms with van der Waals surface area (Å²) in [6.07, 6.45) is 2.37. The lowest BCUT2D eigenvalue weighted by atomic mass is 10.1. The molecule has 0 amide bonds. The first-order valence-corrected chi connectivity index (χ1v) is 8.31. The Kier molecular flexibility index (Phi) is 4.71. The number of rotatable bonds is 6. The molecule has 2 aromatic rings. The number of aromatic amines is 1. The molecule has 6 heteroatoms. The van der Waals surface area contributed by atoms with E-state index in [1.165, 1.54) is 12.5 Å². The van der Waals surface area contributed by atoms with Crippen molar-refractivity contribution in [2.24, 2.45) is 11.8 Å². The number of fused-ring (bicyclic) bond motifs is 1. The summed E-state index contributed by atoms with van der Waals surface area (Å²) in [4.78, 5) is 2.49. The highest BCUT2D eigenvalue weighted by molar-refractivity contribution is 5.90. The molecule has 1 unspecified atom stereocenters. The van der Waals surface area contributed by atoms with Crippen molar-refractivity contribution in [3.8, 4) is 5.75 Å². The summed E-state index contributed by atoms with van der Waals surface area (Å²) in [5.74, 6) is 1.56. The molecule has 3 rings (SSSR count). The van der Waals surface area contributed by atoms with Crippen LogP contribution in [-0.4, -0.2) is 41.3 Å². The van der Waals surface area contributed by atoms with Gasteiger partial charge in [-0.1, -0.05) is 13.8 Å². The first-order valence-electron chi connectivity index (χ1n) is 8.31. The summed E-state index contributed by atoms with van der Waals surface area (Å²) in [5.41, 5.74) is 6.21. The largest absolute Gasteiger partial charge is 0.493 e. The van der Waals surface area contributed by atoms with Crippen LogP contribution in [0.4, 0.5) is 10.2 Å². The highest BCUT2D eigenvalue weighted by Gasteiger charge is 2.23. The topological polar surface area (TPSA) is 67.2 Å². The number of likely N-dealkylation sites (tertiary alicyclic amines) is 1. The minimum Gasteiger partial charge on any atom is -0.493 e. The molecule has 0 spiro atoms. The van der Waals surface area contributed by atoms with E-state index in [0.717, 1.165) is 32.0 Å². The first kappa shape index (κ1) is 16.1. The minimum absolute atomic E-state index is 0.181. The Balaban J connectivity index is 1.55. The molecule has 126 valence electrons. The lowest BCUT2D eigenvalue weighted by molar-refractivity contribution is 0.237. The monoisotopic (exact) mass is 320 g/mol. The standard InChI is InChI=1S/C17H25FN4O/c1-11(2)3-5-22-6-4-12(9-22)10-23-13-7-14(18)16-15(8-13)20-21-17(16)19/h7-8,11-12H,3-6,9-10H2,1-2H3,(H3,19,20,21). The number of nitrogen functional groups attached to an aromatic ring is 1. The molecule has 1 atom stereocenters. The zero-order chi connectivity index (χ0) is 16.4. The Morgan fingerprint density at radius 2 is 2.30 bits per heavy atom. The van der Waals surface area contributed by atoms with Gasteiger partial charge in [0, 0.05) is 24.6 Å². The van der Waals surface area contributed by atoms with Gasteiger partial charge >= 0.3 is 0 Å². The van der Waals surface area contributed by atoms with Crippen molar-refractivity contribution in [3.63, 3.8) is 0 Å². The van der Waals surface area contributed by atoms with Gasteiger partial charge in [-0.3, -0.25) is 5.10 Å². The van der Waals surface area contributed by atoms with Gasteiger partial charge in [0.25, 0.3) is 0 Å². The van der Waals surface area contributed by atoms with Gasteiger partial charge in [-0.15, -0.1) is 0 Å². The summed E-state index contributed by atoms with van der Waals surface area (Å²) >= 11 is 0. The third-order valence-electron chi connectivity index (χ3n) is 4.50. The molecule has 23 heavy (non-hydrogen) atoms. The van der Waals surface area contributed by atoms with Gasteiger partial charge in [0.05, 0.1) is 17.5 Å². The molecule has 1 aliphatic heterocycles. The van der Waals surface area contributed by atoms with E-state index in [0.29, 0.717) is 29.2 Å². The smallest absolute Gasteiger partial charge is 0.156 e. The van der Waals surface area contributed by atoms with Crippen LogP contribution < -0.4 is 10.5 Å². The predicted octanol–water partition coefficient (Wildman–Crippen LogP) is 3.03. The minimum atomic E-state index is -0.395. The fraction of sp³-hybridized carbons (Fsp3) is 0.588. The van der Waals surface area contributed by atoms with Gasteiger partial charge in [-0.05, 0) is 31.8 Å². The quantitative estimate of drug-likeness (QED) is 0.858. The number of aromatic nitrogens is 2. The highest BCUT2D eigenvalue weighted by Crippen LogP contribution is 2.27. The Hall–Kier alpha value is -1.82. The molecular weight excluding hydrogens is 295 g/mol. The molecule has 0 aliphatic carbocycles. The van der Waals surface area contributed by atoms with Gasteiger partial charge in [0.15, 0.2) is 5.82 Å². The van der Waals surface area contributed by atoms with Crippen molar-refractivity contribution in [1.29, 1.82) is 0 Å². The van der Waals surface area contributed by atoms with Crippen molar-refractivity contribution in [3.05, 3.63) is 17.9 Å². The Morgan fingerprint density at radius 1 is 1.48 bits per heavy atom. The second-order valence-corrected chi connectivity index (χ2v) is 6.89. The molecule has 0 bridgehead atoms. The molecule has 1 aliphatic rings. The van der Waals surface area contributed by atoms with Crippen LogP contribution in [0.5, 0.6) is 5.75 Å². The summed E-state index contributed by atoms with van der Waals surface area (Å²) in [7, 11) is 0. The van der Waals surface area contributed by atoms with Crippen LogP contribution in [0.15, 0.2) is 12.1 Å². The van der Waals surface area contributed by atoms with Gasteiger partial charge in [0.2, 0.25) is 0 Å². The Bertz CT molecular complexity index is 670. The van der Waals surface area contributed by atoms with E-state index in [-0.39, 0.29) is 5.82 Å². The molecular formula is C17H25FN4O. The van der Waals surface area contributed by atoms with E-state index in [4.69, 9.17) is 10.5 Å². The maximum atomic E-state index is 14.1. The molecule has 2 heterocycles. The third-order valence-corrected chi connectivity index (χ3v) is 4.50. The fourth-order valence-electron chi connectivity index (χ4n) is 3.10. The second-order valence-electron chi connectivity index (χ2n) is 6.89. The van der Waals surface area contributed by atoms with E-state index < -0.39 is 5.82 Å². The number of nitrogens with zero attached hydrogens (tertiary/aromatic N) is 2. The van der Waals surface area contributed by atoms with Gasteiger partial charge in [-0.2, -0.15) is 5.10 Å². The van der Waals surface area contributed by atoms with E-state index in [1.807, 2.05) is 0 Å². The number of hydrogen-bond donors (Lipinski definition) is 2. The molecule has 1 saturated heterocycles. The number of anilines is 1. The number of ether oxygens (including phenoxy) is 1. The van der Waals surface area contributed by atoms with Crippen molar-refractivity contribution in [1.82, 2.24) is 15.1 Å². The zero-order valence-corrected chi connectivity index (χ0v) is 13.8. The maximum Gasteiger partial charge on any atom is 0.156 e. The summed E-state index contributed by atoms with van der Waals surface area (Å²) in [5, 5.41) is 6.89. The second kappa shape index (κ2) is 6.74. The number of nitrogens with one attached hydrogen (secondary N) is 1. The lowest BCUT2D eigenvalue weighted by Crippen LogP contribution is -2.24. The molecule has 1 aromatic heterocycles. The van der Waals surface area contributed by atoms with E-state index in [2.05, 4.69) is 28.9 Å². The third kappa shape index (κ3) is 3.75. The van der Waals surface area contributed by atoms with Crippen molar-refractivity contribution < 1.29 is 9.13 Å². The zero-order valence-electron chi connectivity index (χ0n) is 13.8. The van der Waals surface area contributed by atoms with Crippen molar-refractivity contribution in [2.45, 2.75) is 26.7 Å². The molecule has 0 saturated carbocycles. The van der Waals surface area contributed by atoms with Gasteiger partial charge in [-0.25, -0.2) is 4.39 Å². The maximum absolute atomic E-state index is 14.1. The van der Waals surface area contributed by atoms with Crippen LogP contribution in [0, 0.1) is 17.7 Å². The number of H-pyrrole nitrogens is 1. The van der Waals surface area contributed by atoms with Gasteiger partial charge in [0.1, 0.15) is 11.6 Å². The van der Waals surface area contributed by atoms with Crippen LogP contribution >= 0.6 is 0 Å². The SMILES string of the molecule is CC(C)CCN1CCC(COc2cc(F)c3c(N)n[nH]c3c2)C1. The molecule has 0 radical (unpaired) electrons. The summed E-state index contributed by atoms with van der Waals surface area (Å²) < 4.78 is 19.9. The molecule has 1 fully saturated rings. The van der Waals surface area contributed by atoms with Crippen LogP contribution in [-0.2, 0) is 0 Å². The van der Waals surface area contributed by atoms with E-state index >= 15 is 0 Å². The van der Waals surface area contributed by atoms with Crippen molar-refractivity contribution >= 4 is 16.7 Å². The first-order chi connectivity index (χ1) is 11.0. The number of hydrogen-bond acceptors (Lipinski definition) is 4. The molecule has 5 nitrogen and oxygen atoms in total. The van der Waals surface area contributed by atoms with Crippen molar-refractivity contribution in [2.75, 3.05) is 32.0 Å². The van der Waals surface area contributed by atoms with Crippen LogP contribution in [0.2, 0.25) is 0 Å². The average Bonchev–Trinajstić information content (AvgIpc) is 3.10. The van der Waals surface area contributed by atoms with Crippen LogP contribution in [0.3, 0.4) is 0 Å². The fourth-order valence-corrected chi connectivity index (χ4v) is 3.10. The van der Waals surface area contributed by atoms with Crippen LogP contribution in [0.25, 0.3) is 10.9 Å².